The molecule has 1 saturated heterocycles. The predicted octanol–water partition coefficient (Wildman–Crippen LogP) is 4.32. The van der Waals surface area contributed by atoms with Crippen LogP contribution in [-0.2, 0) is 14.8 Å². The van der Waals surface area contributed by atoms with Crippen LogP contribution in [0.3, 0.4) is 0 Å². The van der Waals surface area contributed by atoms with Crippen LogP contribution in [0.5, 0.6) is 0 Å². The van der Waals surface area contributed by atoms with E-state index in [1.165, 1.54) is 39.9 Å². The summed E-state index contributed by atoms with van der Waals surface area (Å²) in [5.41, 5.74) is 2.47. The first-order chi connectivity index (χ1) is 18.4. The minimum Gasteiger partial charge on any atom is -0.454 e. The Balaban J connectivity index is 1.21. The van der Waals surface area contributed by atoms with Gasteiger partial charge in [0.2, 0.25) is 15.2 Å². The summed E-state index contributed by atoms with van der Waals surface area (Å²) in [5, 5.41) is 10.8. The second-order valence-corrected chi connectivity index (χ2v) is 11.5. The number of hydrogen-bond acceptors (Lipinski definition) is 8. The number of nitrogens with one attached hydrogen (secondary N) is 1. The molecule has 38 heavy (non-hydrogen) atoms. The Morgan fingerprint density at radius 2 is 1.82 bits per heavy atom. The topological polar surface area (TPSA) is 120 Å². The molecule has 0 unspecified atom stereocenters. The van der Waals surface area contributed by atoms with Crippen LogP contribution in [0.2, 0.25) is 0 Å². The standard InChI is InChI=1S/C26H23N5O5S2/c1-17-14-24(28-25(32)18-6-8-20(9-7-18)38(33,34)30-10-12-35-13-11-30)31(29-17)26-27-21(16-37-26)23-15-19-4-2-3-5-22(19)36-23/h2-9,14-16H,10-13H2,1H3,(H,28,32). The van der Waals surface area contributed by atoms with E-state index in [-0.39, 0.29) is 4.90 Å². The highest BCUT2D eigenvalue weighted by molar-refractivity contribution is 7.89. The van der Waals surface area contributed by atoms with Crippen molar-refractivity contribution >= 4 is 44.1 Å². The molecule has 12 heteroatoms. The van der Waals surface area contributed by atoms with Gasteiger partial charge in [0.05, 0.1) is 23.8 Å². The van der Waals surface area contributed by atoms with E-state index in [1.54, 1.807) is 10.7 Å². The Bertz CT molecular complexity index is 1700. The lowest BCUT2D eigenvalue weighted by Crippen LogP contribution is -2.40. The lowest BCUT2D eigenvalue weighted by molar-refractivity contribution is 0.0730. The van der Waals surface area contributed by atoms with E-state index in [0.717, 1.165) is 11.0 Å². The molecule has 6 rings (SSSR count). The zero-order chi connectivity index (χ0) is 26.3. The maximum atomic E-state index is 13.0. The Morgan fingerprint density at radius 3 is 2.58 bits per heavy atom. The summed E-state index contributed by atoms with van der Waals surface area (Å²) in [6.07, 6.45) is 0. The van der Waals surface area contributed by atoms with Gasteiger partial charge in [0, 0.05) is 35.5 Å². The molecule has 0 saturated carbocycles. The maximum Gasteiger partial charge on any atom is 0.256 e. The summed E-state index contributed by atoms with van der Waals surface area (Å²) < 4.78 is 39.9. The van der Waals surface area contributed by atoms with Gasteiger partial charge < -0.3 is 14.5 Å². The van der Waals surface area contributed by atoms with Crippen LogP contribution in [0.4, 0.5) is 5.82 Å². The van der Waals surface area contributed by atoms with Gasteiger partial charge in [0.15, 0.2) is 5.76 Å². The number of hydrogen-bond donors (Lipinski definition) is 1. The molecule has 1 aliphatic rings. The first-order valence-electron chi connectivity index (χ1n) is 11.9. The SMILES string of the molecule is Cc1cc(NC(=O)c2ccc(S(=O)(=O)N3CCOCC3)cc2)n(-c2nc(-c3cc4ccccc4o3)cs2)n1. The normalized spacial score (nSPS) is 14.7. The van der Waals surface area contributed by atoms with E-state index in [1.807, 2.05) is 42.6 Å². The van der Waals surface area contributed by atoms with Crippen LogP contribution < -0.4 is 5.32 Å². The third-order valence-corrected chi connectivity index (χ3v) is 8.88. The van der Waals surface area contributed by atoms with Crippen molar-refractivity contribution < 1.29 is 22.4 Å². The maximum absolute atomic E-state index is 13.0. The second-order valence-electron chi connectivity index (χ2n) is 8.74. The highest BCUT2D eigenvalue weighted by Gasteiger charge is 2.26. The van der Waals surface area contributed by atoms with Crippen LogP contribution >= 0.6 is 11.3 Å². The van der Waals surface area contributed by atoms with E-state index in [4.69, 9.17) is 9.15 Å². The monoisotopic (exact) mass is 549 g/mol. The summed E-state index contributed by atoms with van der Waals surface area (Å²) in [4.78, 5) is 17.8. The predicted molar refractivity (Wildman–Crippen MR) is 143 cm³/mol. The number of anilines is 1. The number of carbonyl (C=O) groups is 1. The molecule has 1 N–H and O–H groups in total. The lowest BCUT2D eigenvalue weighted by Gasteiger charge is -2.26. The molecule has 10 nitrogen and oxygen atoms in total. The largest absolute Gasteiger partial charge is 0.454 e. The number of fused-ring (bicyclic) bond motifs is 1. The molecule has 1 amide bonds. The number of nitrogens with zero attached hydrogens (tertiary/aromatic N) is 4. The van der Waals surface area contributed by atoms with Crippen LogP contribution in [0, 0.1) is 6.92 Å². The van der Waals surface area contributed by atoms with E-state index >= 15 is 0 Å². The van der Waals surface area contributed by atoms with Crippen LogP contribution in [0.15, 0.2) is 75.4 Å². The Morgan fingerprint density at radius 1 is 1.05 bits per heavy atom. The first kappa shape index (κ1) is 24.5. The van der Waals surface area contributed by atoms with Crippen molar-refractivity contribution in [2.24, 2.45) is 0 Å². The van der Waals surface area contributed by atoms with Crippen molar-refractivity contribution in [3.63, 3.8) is 0 Å². The summed E-state index contributed by atoms with van der Waals surface area (Å²) >= 11 is 1.37. The van der Waals surface area contributed by atoms with Gasteiger partial charge in [-0.25, -0.2) is 13.4 Å². The molecule has 1 aliphatic heterocycles. The van der Waals surface area contributed by atoms with E-state index in [2.05, 4.69) is 15.4 Å². The van der Waals surface area contributed by atoms with Gasteiger partial charge in [0.25, 0.3) is 5.91 Å². The molecule has 0 spiro atoms. The molecule has 0 atom stereocenters. The molecule has 0 bridgehead atoms. The number of para-hydroxylation sites is 1. The van der Waals surface area contributed by atoms with E-state index in [9.17, 15) is 13.2 Å². The molecule has 3 aromatic heterocycles. The van der Waals surface area contributed by atoms with E-state index < -0.39 is 15.9 Å². The van der Waals surface area contributed by atoms with Crippen molar-refractivity contribution in [1.29, 1.82) is 0 Å². The molecule has 0 radical (unpaired) electrons. The van der Waals surface area contributed by atoms with Crippen LogP contribution in [0.1, 0.15) is 16.1 Å². The van der Waals surface area contributed by atoms with Gasteiger partial charge in [-0.1, -0.05) is 18.2 Å². The average Bonchev–Trinajstić information content (AvgIpc) is 3.67. The lowest BCUT2D eigenvalue weighted by atomic mass is 10.2. The van der Waals surface area contributed by atoms with Gasteiger partial charge in [-0.3, -0.25) is 4.79 Å². The number of rotatable bonds is 6. The number of carbonyl (C=O) groups excluding carboxylic acids is 1. The molecule has 2 aromatic carbocycles. The number of sulfonamides is 1. The second kappa shape index (κ2) is 9.80. The molecular weight excluding hydrogens is 526 g/mol. The first-order valence-corrected chi connectivity index (χ1v) is 14.2. The molecule has 1 fully saturated rings. The molecule has 194 valence electrons. The minimum atomic E-state index is -3.64. The van der Waals surface area contributed by atoms with Crippen molar-refractivity contribution in [2.75, 3.05) is 31.6 Å². The highest BCUT2D eigenvalue weighted by Crippen LogP contribution is 2.31. The van der Waals surface area contributed by atoms with Crippen molar-refractivity contribution in [3.05, 3.63) is 77.3 Å². The fraction of sp³-hybridized carbons (Fsp3) is 0.192. The molecule has 5 aromatic rings. The quantitative estimate of drug-likeness (QED) is 0.335. The average molecular weight is 550 g/mol. The van der Waals surface area contributed by atoms with Gasteiger partial charge in [-0.2, -0.15) is 14.1 Å². The van der Waals surface area contributed by atoms with Crippen molar-refractivity contribution in [2.45, 2.75) is 11.8 Å². The third kappa shape index (κ3) is 4.63. The van der Waals surface area contributed by atoms with Crippen molar-refractivity contribution in [3.8, 4) is 16.6 Å². The zero-order valence-corrected chi connectivity index (χ0v) is 22.0. The number of aromatic nitrogens is 3. The summed E-state index contributed by atoms with van der Waals surface area (Å²) in [6.45, 7) is 3.17. The Kier molecular flexibility index (Phi) is 6.32. The van der Waals surface area contributed by atoms with Gasteiger partial charge >= 0.3 is 0 Å². The number of ether oxygens (including phenoxy) is 1. The summed E-state index contributed by atoms with van der Waals surface area (Å²) in [7, 11) is -3.64. The van der Waals surface area contributed by atoms with Gasteiger partial charge in [-0.15, -0.1) is 11.3 Å². The zero-order valence-electron chi connectivity index (χ0n) is 20.3. The molecule has 0 aliphatic carbocycles. The molecule has 4 heterocycles. The number of amides is 1. The summed E-state index contributed by atoms with van der Waals surface area (Å²) in [5.74, 6) is 0.703. The van der Waals surface area contributed by atoms with Gasteiger partial charge in [-0.05, 0) is 43.3 Å². The minimum absolute atomic E-state index is 0.137. The fourth-order valence-electron chi connectivity index (χ4n) is 4.22. The highest BCUT2D eigenvalue weighted by atomic mass is 32.2. The Labute approximate surface area is 222 Å². The number of aryl methyl sites for hydroxylation is 1. The number of benzene rings is 2. The van der Waals surface area contributed by atoms with Crippen LogP contribution in [-0.4, -0.2) is 59.7 Å². The fourth-order valence-corrected chi connectivity index (χ4v) is 6.40. The molecular formula is C26H23N5O5S2. The number of morpholine rings is 1. The third-order valence-electron chi connectivity index (χ3n) is 6.15. The smallest absolute Gasteiger partial charge is 0.256 e. The van der Waals surface area contributed by atoms with Gasteiger partial charge in [0.1, 0.15) is 17.1 Å². The summed E-state index contributed by atoms with van der Waals surface area (Å²) in [6, 6.07) is 17.3. The van der Waals surface area contributed by atoms with Crippen molar-refractivity contribution in [1.82, 2.24) is 19.1 Å². The Hall–Kier alpha value is -3.84. The van der Waals surface area contributed by atoms with E-state index in [0.29, 0.717) is 60.0 Å². The van der Waals surface area contributed by atoms with Crippen LogP contribution in [0.25, 0.3) is 27.6 Å². The number of furan rings is 1. The number of thiazole rings is 1.